The molecule has 35 heavy (non-hydrogen) atoms. The normalized spacial score (nSPS) is 20.0. The number of Topliss-reactive ketones (excluding diaryl/α,β-unsaturated/α-hetero) is 1. The Morgan fingerprint density at radius 3 is 2.66 bits per heavy atom. The second-order valence-corrected chi connectivity index (χ2v) is 9.43. The van der Waals surface area contributed by atoms with E-state index in [9.17, 15) is 9.59 Å². The van der Waals surface area contributed by atoms with E-state index in [-0.39, 0.29) is 29.3 Å². The largest absolute Gasteiger partial charge is 0.364 e. The van der Waals surface area contributed by atoms with E-state index in [4.69, 9.17) is 5.73 Å². The number of piperidine rings is 1. The molecule has 3 N–H and O–H groups in total. The first-order valence-corrected chi connectivity index (χ1v) is 11.9. The van der Waals surface area contributed by atoms with E-state index < -0.39 is 5.91 Å². The van der Waals surface area contributed by atoms with Crippen molar-refractivity contribution >= 4 is 29.1 Å². The standard InChI is InChI=1S/C24H29N9O2/c1-14-16(10-20(34)19-12-26-18(11-27-19)15-5-6-15)4-3-8-33(14)24-29-23(21(22(25)35)30-31-24)28-17-7-9-32(2)13-17/h7,9,11-16H,3-6,8,10H2,1-2H3,(H2,25,35)(H,28,29,31)/t14-,16+/m1/s1. The highest BCUT2D eigenvalue weighted by molar-refractivity contribution is 5.96. The number of nitrogens with zero attached hydrogens (tertiary/aromatic N) is 7. The number of rotatable bonds is 8. The summed E-state index contributed by atoms with van der Waals surface area (Å²) in [6.07, 6.45) is 11.6. The van der Waals surface area contributed by atoms with Gasteiger partial charge in [0.2, 0.25) is 5.95 Å². The topological polar surface area (TPSA) is 145 Å². The van der Waals surface area contributed by atoms with Gasteiger partial charge in [-0.3, -0.25) is 14.6 Å². The lowest BCUT2D eigenvalue weighted by atomic mass is 9.86. The number of nitrogens with one attached hydrogen (secondary N) is 1. The molecule has 2 fully saturated rings. The molecule has 4 heterocycles. The molecule has 0 radical (unpaired) electrons. The molecular weight excluding hydrogens is 446 g/mol. The van der Waals surface area contributed by atoms with Crippen LogP contribution in [0.15, 0.2) is 30.9 Å². The summed E-state index contributed by atoms with van der Waals surface area (Å²) in [5.74, 6) is 0.546. The van der Waals surface area contributed by atoms with Crippen molar-refractivity contribution in [1.29, 1.82) is 0 Å². The van der Waals surface area contributed by atoms with Gasteiger partial charge in [-0.1, -0.05) is 0 Å². The van der Waals surface area contributed by atoms with Gasteiger partial charge >= 0.3 is 0 Å². The van der Waals surface area contributed by atoms with Crippen molar-refractivity contribution in [3.8, 4) is 0 Å². The van der Waals surface area contributed by atoms with Crippen LogP contribution in [0, 0.1) is 5.92 Å². The molecule has 0 spiro atoms. The van der Waals surface area contributed by atoms with Gasteiger partial charge in [0.15, 0.2) is 17.3 Å². The van der Waals surface area contributed by atoms with Gasteiger partial charge in [0.1, 0.15) is 5.69 Å². The van der Waals surface area contributed by atoms with Crippen molar-refractivity contribution in [3.63, 3.8) is 0 Å². The first kappa shape index (κ1) is 22.9. The van der Waals surface area contributed by atoms with Crippen LogP contribution in [-0.2, 0) is 7.05 Å². The van der Waals surface area contributed by atoms with Crippen molar-refractivity contribution in [1.82, 2.24) is 29.7 Å². The smallest absolute Gasteiger partial charge is 0.273 e. The highest BCUT2D eigenvalue weighted by Gasteiger charge is 2.33. The molecule has 2 aliphatic rings. The summed E-state index contributed by atoms with van der Waals surface area (Å²) in [7, 11) is 1.90. The molecule has 1 aliphatic heterocycles. The van der Waals surface area contributed by atoms with Crippen LogP contribution in [0.4, 0.5) is 17.5 Å². The van der Waals surface area contributed by atoms with E-state index in [1.54, 1.807) is 12.4 Å². The summed E-state index contributed by atoms with van der Waals surface area (Å²) in [5.41, 5.74) is 7.62. The Morgan fingerprint density at radius 1 is 1.17 bits per heavy atom. The second-order valence-electron chi connectivity index (χ2n) is 9.43. The van der Waals surface area contributed by atoms with Crippen molar-refractivity contribution < 1.29 is 9.59 Å². The van der Waals surface area contributed by atoms with Gasteiger partial charge in [0.05, 0.1) is 17.6 Å². The number of amides is 1. The summed E-state index contributed by atoms with van der Waals surface area (Å²) >= 11 is 0. The number of nitrogens with two attached hydrogens (primary N) is 1. The molecular formula is C24H29N9O2. The van der Waals surface area contributed by atoms with Crippen molar-refractivity contribution in [2.45, 2.75) is 51.0 Å². The molecule has 1 aliphatic carbocycles. The molecule has 0 aromatic carbocycles. The SMILES string of the molecule is C[C@@H]1[C@H](CC(=O)c2cnc(C3CC3)cn2)CCCN1c1nnc(C(N)=O)c(Nc2ccn(C)c2)n1. The van der Waals surface area contributed by atoms with E-state index >= 15 is 0 Å². The summed E-state index contributed by atoms with van der Waals surface area (Å²) in [6.45, 7) is 2.79. The third kappa shape index (κ3) is 4.98. The lowest BCUT2D eigenvalue weighted by molar-refractivity contribution is 0.0939. The van der Waals surface area contributed by atoms with E-state index in [1.165, 1.54) is 0 Å². The Labute approximate surface area is 203 Å². The molecule has 1 amide bonds. The average molecular weight is 476 g/mol. The van der Waals surface area contributed by atoms with Gasteiger partial charge in [0.25, 0.3) is 5.91 Å². The second kappa shape index (κ2) is 9.40. The maximum absolute atomic E-state index is 12.9. The first-order chi connectivity index (χ1) is 16.9. The third-order valence-electron chi connectivity index (χ3n) is 6.81. The Bertz CT molecular complexity index is 1240. The van der Waals surface area contributed by atoms with Crippen LogP contribution in [0.2, 0.25) is 0 Å². The number of hydrogen-bond donors (Lipinski definition) is 2. The van der Waals surface area contributed by atoms with E-state index in [0.29, 0.717) is 24.0 Å². The molecule has 11 heteroatoms. The number of ketones is 1. The van der Waals surface area contributed by atoms with Gasteiger partial charge in [-0.15, -0.1) is 10.2 Å². The predicted octanol–water partition coefficient (Wildman–Crippen LogP) is 2.60. The van der Waals surface area contributed by atoms with Gasteiger partial charge in [0, 0.05) is 50.6 Å². The highest BCUT2D eigenvalue weighted by Crippen LogP contribution is 2.38. The highest BCUT2D eigenvalue weighted by atomic mass is 16.1. The van der Waals surface area contributed by atoms with Crippen LogP contribution in [0.5, 0.6) is 0 Å². The number of hydrogen-bond acceptors (Lipinski definition) is 9. The van der Waals surface area contributed by atoms with Crippen molar-refractivity contribution in [2.24, 2.45) is 18.7 Å². The number of carbonyl (C=O) groups excluding carboxylic acids is 2. The van der Waals surface area contributed by atoms with Crippen LogP contribution in [0.1, 0.15) is 71.6 Å². The molecule has 1 saturated carbocycles. The monoisotopic (exact) mass is 475 g/mol. The maximum atomic E-state index is 12.9. The maximum Gasteiger partial charge on any atom is 0.273 e. The van der Waals surface area contributed by atoms with Gasteiger partial charge in [-0.05, 0) is 44.6 Å². The average Bonchev–Trinajstić information content (AvgIpc) is 3.62. The molecule has 182 valence electrons. The van der Waals surface area contributed by atoms with E-state index in [1.807, 2.05) is 35.0 Å². The number of aryl methyl sites for hydroxylation is 1. The van der Waals surface area contributed by atoms with E-state index in [2.05, 4.69) is 37.4 Å². The van der Waals surface area contributed by atoms with E-state index in [0.717, 1.165) is 43.6 Å². The minimum Gasteiger partial charge on any atom is -0.364 e. The predicted molar refractivity (Wildman–Crippen MR) is 130 cm³/mol. The quantitative estimate of drug-likeness (QED) is 0.469. The molecule has 5 rings (SSSR count). The van der Waals surface area contributed by atoms with Gasteiger partial charge in [-0.25, -0.2) is 4.98 Å². The zero-order valence-electron chi connectivity index (χ0n) is 19.9. The lowest BCUT2D eigenvalue weighted by Gasteiger charge is -2.39. The summed E-state index contributed by atoms with van der Waals surface area (Å²) in [4.78, 5) is 40.3. The fourth-order valence-electron chi connectivity index (χ4n) is 4.60. The number of aromatic nitrogens is 6. The van der Waals surface area contributed by atoms with Crippen LogP contribution < -0.4 is 16.0 Å². The molecule has 3 aromatic heterocycles. The fourth-order valence-corrected chi connectivity index (χ4v) is 4.60. The summed E-state index contributed by atoms with van der Waals surface area (Å²) in [6, 6.07) is 1.86. The number of carbonyl (C=O) groups is 2. The van der Waals surface area contributed by atoms with Crippen LogP contribution >= 0.6 is 0 Å². The van der Waals surface area contributed by atoms with Crippen molar-refractivity contribution in [2.75, 3.05) is 16.8 Å². The number of anilines is 3. The summed E-state index contributed by atoms with van der Waals surface area (Å²) < 4.78 is 1.87. The number of primary amides is 1. The molecule has 0 bridgehead atoms. The summed E-state index contributed by atoms with van der Waals surface area (Å²) in [5, 5.41) is 11.4. The minimum absolute atomic E-state index is 0.00259. The first-order valence-electron chi connectivity index (χ1n) is 11.9. The Kier molecular flexibility index (Phi) is 6.14. The van der Waals surface area contributed by atoms with Gasteiger partial charge in [-0.2, -0.15) is 4.98 Å². The minimum atomic E-state index is -0.709. The zero-order chi connectivity index (χ0) is 24.5. The molecule has 0 unspecified atom stereocenters. The third-order valence-corrected chi connectivity index (χ3v) is 6.81. The molecule has 3 aromatic rings. The Morgan fingerprint density at radius 2 is 2.00 bits per heavy atom. The zero-order valence-corrected chi connectivity index (χ0v) is 19.9. The molecule has 2 atom stereocenters. The van der Waals surface area contributed by atoms with Crippen LogP contribution in [-0.4, -0.2) is 54.0 Å². The Hall–Kier alpha value is -3.89. The van der Waals surface area contributed by atoms with Gasteiger partial charge < -0.3 is 20.5 Å². The molecule has 1 saturated heterocycles. The van der Waals surface area contributed by atoms with Crippen LogP contribution in [0.3, 0.4) is 0 Å². The van der Waals surface area contributed by atoms with Crippen LogP contribution in [0.25, 0.3) is 0 Å². The Balaban J connectivity index is 1.32. The lowest BCUT2D eigenvalue weighted by Crippen LogP contribution is -2.45. The van der Waals surface area contributed by atoms with Crippen molar-refractivity contribution in [3.05, 3.63) is 47.9 Å². The molecule has 11 nitrogen and oxygen atoms in total. The fraction of sp³-hybridized carbons (Fsp3) is 0.458.